The van der Waals surface area contributed by atoms with Crippen LogP contribution in [0.2, 0.25) is 0 Å². The van der Waals surface area contributed by atoms with Gasteiger partial charge in [0.2, 0.25) is 0 Å². The summed E-state index contributed by atoms with van der Waals surface area (Å²) in [5, 5.41) is 8.13. The van der Waals surface area contributed by atoms with Crippen LogP contribution in [0.5, 0.6) is 0 Å². The zero-order valence-corrected chi connectivity index (χ0v) is 27.1. The molecule has 0 unspecified atom stereocenters. The smallest absolute Gasteiger partial charge is 0.164 e. The predicted octanol–water partition coefficient (Wildman–Crippen LogP) is 11.8. The number of thiazole rings is 1. The second kappa shape index (κ2) is 10.9. The molecule has 0 amide bonds. The van der Waals surface area contributed by atoms with Crippen LogP contribution in [-0.2, 0) is 0 Å². The average Bonchev–Trinajstić information content (AvgIpc) is 3.77. The van der Waals surface area contributed by atoms with Crippen molar-refractivity contribution < 1.29 is 0 Å². The number of benzene rings is 7. The van der Waals surface area contributed by atoms with E-state index in [-0.39, 0.29) is 0 Å². The van der Waals surface area contributed by atoms with Crippen LogP contribution in [0.25, 0.3) is 96.7 Å². The highest BCUT2D eigenvalue weighted by Gasteiger charge is 2.20. The summed E-state index contributed by atoms with van der Waals surface area (Å²) in [6.07, 6.45) is 0. The fourth-order valence-electron chi connectivity index (χ4n) is 6.60. The zero-order chi connectivity index (χ0) is 31.6. The van der Waals surface area contributed by atoms with Crippen LogP contribution < -0.4 is 0 Å². The van der Waals surface area contributed by atoms with Crippen molar-refractivity contribution in [1.29, 1.82) is 0 Å². The van der Waals surface area contributed by atoms with Crippen LogP contribution in [-0.4, -0.2) is 19.9 Å². The summed E-state index contributed by atoms with van der Waals surface area (Å²) >= 11 is 3.62. The van der Waals surface area contributed by atoms with Gasteiger partial charge in [0.25, 0.3) is 0 Å². The largest absolute Gasteiger partial charge is 0.236 e. The number of nitrogens with zero attached hydrogens (tertiary/aromatic N) is 4. The molecule has 3 aromatic heterocycles. The van der Waals surface area contributed by atoms with Gasteiger partial charge in [-0.05, 0) is 34.4 Å². The van der Waals surface area contributed by atoms with E-state index in [1.54, 1.807) is 11.3 Å². The Morgan fingerprint density at radius 3 is 1.81 bits per heavy atom. The Balaban J connectivity index is 1.23. The van der Waals surface area contributed by atoms with E-state index in [2.05, 4.69) is 121 Å². The molecule has 10 rings (SSSR count). The highest BCUT2D eigenvalue weighted by Crippen LogP contribution is 2.46. The quantitative estimate of drug-likeness (QED) is 0.191. The molecule has 0 aliphatic rings. The van der Waals surface area contributed by atoms with Gasteiger partial charge in [0, 0.05) is 43.1 Å². The summed E-state index contributed by atoms with van der Waals surface area (Å²) in [5.41, 5.74) is 5.09. The van der Waals surface area contributed by atoms with Crippen molar-refractivity contribution in [2.75, 3.05) is 0 Å². The summed E-state index contributed by atoms with van der Waals surface area (Å²) in [4.78, 5) is 20.4. The molecule has 7 aromatic carbocycles. The number of hydrogen-bond donors (Lipinski definition) is 0. The molecule has 0 saturated carbocycles. The Morgan fingerprint density at radius 2 is 1.00 bits per heavy atom. The van der Waals surface area contributed by atoms with Gasteiger partial charge in [0.05, 0.1) is 14.9 Å². The molecule has 4 nitrogen and oxygen atoms in total. The molecule has 10 aromatic rings. The first-order chi connectivity index (χ1) is 23.8. The molecule has 6 heteroatoms. The molecule has 0 fully saturated rings. The van der Waals surface area contributed by atoms with E-state index in [0.717, 1.165) is 43.6 Å². The van der Waals surface area contributed by atoms with Crippen LogP contribution in [0.3, 0.4) is 0 Å². The van der Waals surface area contributed by atoms with E-state index in [4.69, 9.17) is 19.9 Å². The third-order valence-electron chi connectivity index (χ3n) is 8.94. The lowest BCUT2D eigenvalue weighted by Gasteiger charge is -2.11. The number of rotatable bonds is 4. The zero-order valence-electron chi connectivity index (χ0n) is 25.5. The Bertz CT molecular complexity index is 2840. The predicted molar refractivity (Wildman–Crippen MR) is 203 cm³/mol. The van der Waals surface area contributed by atoms with E-state index in [9.17, 15) is 0 Å². The van der Waals surface area contributed by atoms with Gasteiger partial charge in [-0.2, -0.15) is 0 Å². The molecule has 48 heavy (non-hydrogen) atoms. The third kappa shape index (κ3) is 4.42. The summed E-state index contributed by atoms with van der Waals surface area (Å²) < 4.78 is 3.75. The van der Waals surface area contributed by atoms with Crippen molar-refractivity contribution in [1.82, 2.24) is 19.9 Å². The summed E-state index contributed by atoms with van der Waals surface area (Å²) in [6.45, 7) is 0. The molecular weight excluding hydrogens is 625 g/mol. The Kier molecular flexibility index (Phi) is 6.19. The minimum absolute atomic E-state index is 0.655. The van der Waals surface area contributed by atoms with Gasteiger partial charge in [-0.15, -0.1) is 22.7 Å². The topological polar surface area (TPSA) is 51.6 Å². The van der Waals surface area contributed by atoms with Crippen molar-refractivity contribution in [2.45, 2.75) is 0 Å². The van der Waals surface area contributed by atoms with Crippen LogP contribution in [0.15, 0.2) is 146 Å². The van der Waals surface area contributed by atoms with Gasteiger partial charge >= 0.3 is 0 Å². The Labute approximate surface area is 283 Å². The average molecular weight is 649 g/mol. The van der Waals surface area contributed by atoms with Crippen LogP contribution in [0.1, 0.15) is 0 Å². The molecule has 0 aliphatic heterocycles. The first-order valence-corrected chi connectivity index (χ1v) is 17.4. The molecule has 0 saturated heterocycles. The van der Waals surface area contributed by atoms with Crippen molar-refractivity contribution in [2.24, 2.45) is 0 Å². The van der Waals surface area contributed by atoms with E-state index < -0.39 is 0 Å². The maximum absolute atomic E-state index is 5.19. The molecular formula is C42H24N4S2. The molecule has 0 radical (unpaired) electrons. The molecule has 0 atom stereocenters. The normalized spacial score (nSPS) is 11.8. The number of fused-ring (bicyclic) bond motifs is 8. The second-order valence-electron chi connectivity index (χ2n) is 11.9. The van der Waals surface area contributed by atoms with Gasteiger partial charge in [0.15, 0.2) is 17.5 Å². The van der Waals surface area contributed by atoms with Crippen molar-refractivity contribution in [3.05, 3.63) is 146 Å². The monoisotopic (exact) mass is 648 g/mol. The molecule has 0 bridgehead atoms. The number of thiophene rings is 1. The lowest BCUT2D eigenvalue weighted by Crippen LogP contribution is -2.00. The fraction of sp³-hybridized carbons (Fsp3) is 0. The number of hydrogen-bond acceptors (Lipinski definition) is 6. The van der Waals surface area contributed by atoms with Crippen molar-refractivity contribution in [3.63, 3.8) is 0 Å². The molecule has 0 N–H and O–H groups in total. The van der Waals surface area contributed by atoms with Gasteiger partial charge < -0.3 is 0 Å². The summed E-state index contributed by atoms with van der Waals surface area (Å²) in [5.74, 6) is 1.97. The molecule has 0 aliphatic carbocycles. The van der Waals surface area contributed by atoms with E-state index >= 15 is 0 Å². The third-order valence-corrected chi connectivity index (χ3v) is 11.5. The number of aromatic nitrogens is 4. The van der Waals surface area contributed by atoms with Gasteiger partial charge in [-0.3, -0.25) is 0 Å². The van der Waals surface area contributed by atoms with E-state index in [1.807, 2.05) is 35.6 Å². The lowest BCUT2D eigenvalue weighted by atomic mass is 9.99. The SMILES string of the molecule is c1ccc(-c2nc(-c3ccc4ccccc4c3)nc(-c3cc4c5ccc6nc(-c7ccccc7)sc6c5sc4c4ccccc34)n2)cc1. The highest BCUT2D eigenvalue weighted by atomic mass is 32.1. The van der Waals surface area contributed by atoms with Crippen LogP contribution in [0.4, 0.5) is 0 Å². The second-order valence-corrected chi connectivity index (χ2v) is 13.9. The summed E-state index contributed by atoms with van der Waals surface area (Å²) in [6, 6.07) is 50.7. The lowest BCUT2D eigenvalue weighted by molar-refractivity contribution is 1.08. The van der Waals surface area contributed by atoms with E-state index in [0.29, 0.717) is 17.5 Å². The van der Waals surface area contributed by atoms with Gasteiger partial charge in [-0.1, -0.05) is 127 Å². The van der Waals surface area contributed by atoms with Crippen molar-refractivity contribution >= 4 is 74.6 Å². The maximum atomic E-state index is 5.19. The molecule has 224 valence electrons. The molecule has 3 heterocycles. The van der Waals surface area contributed by atoms with E-state index in [1.165, 1.54) is 35.6 Å². The first kappa shape index (κ1) is 27.3. The minimum Gasteiger partial charge on any atom is -0.236 e. The first-order valence-electron chi connectivity index (χ1n) is 15.8. The Morgan fingerprint density at radius 1 is 0.354 bits per heavy atom. The molecule has 0 spiro atoms. The van der Waals surface area contributed by atoms with Crippen molar-refractivity contribution in [3.8, 4) is 44.7 Å². The maximum Gasteiger partial charge on any atom is 0.164 e. The summed E-state index contributed by atoms with van der Waals surface area (Å²) in [7, 11) is 0. The van der Waals surface area contributed by atoms with Gasteiger partial charge in [-0.25, -0.2) is 19.9 Å². The Hall–Kier alpha value is -5.82. The van der Waals surface area contributed by atoms with Gasteiger partial charge in [0.1, 0.15) is 5.01 Å². The van der Waals surface area contributed by atoms with Crippen LogP contribution >= 0.6 is 22.7 Å². The highest BCUT2D eigenvalue weighted by molar-refractivity contribution is 7.32. The standard InChI is InChI=1S/C42H24N4S2/c1-3-12-26(13-4-1)39-44-40(29-20-19-25-11-7-8-16-28(25)23-29)46-41(45-39)34-24-33-32-21-22-35-38(48-42(43-35)27-14-5-2-6-15-27)37(32)47-36(33)31-18-10-9-17-30(31)34/h1-24H. The fourth-order valence-corrected chi connectivity index (χ4v) is 9.12. The minimum atomic E-state index is 0.655. The van der Waals surface area contributed by atoms with Crippen LogP contribution in [0, 0.1) is 0 Å².